The number of carbonyl (C=O) groups is 1. The average molecular weight is 409 g/mol. The molecule has 0 aromatic carbocycles. The Morgan fingerprint density at radius 2 is 1.97 bits per heavy atom. The summed E-state index contributed by atoms with van der Waals surface area (Å²) in [7, 11) is 1.82. The van der Waals surface area contributed by atoms with E-state index in [0.717, 1.165) is 15.8 Å². The first-order chi connectivity index (χ1) is 14.4. The zero-order valence-corrected chi connectivity index (χ0v) is 16.1. The van der Waals surface area contributed by atoms with E-state index in [4.69, 9.17) is 0 Å². The van der Waals surface area contributed by atoms with Gasteiger partial charge in [-0.2, -0.15) is 5.10 Å². The summed E-state index contributed by atoms with van der Waals surface area (Å²) in [5, 5.41) is 5.12. The number of piperidine rings is 1. The molecule has 0 spiro atoms. The predicted molar refractivity (Wildman–Crippen MR) is 105 cm³/mol. The third-order valence-corrected chi connectivity index (χ3v) is 5.10. The van der Waals surface area contributed by atoms with E-state index in [1.54, 1.807) is 17.1 Å². The summed E-state index contributed by atoms with van der Waals surface area (Å²) >= 11 is 0. The smallest absolute Gasteiger partial charge is 0.272 e. The van der Waals surface area contributed by atoms with Crippen LogP contribution in [-0.4, -0.2) is 59.5 Å². The van der Waals surface area contributed by atoms with E-state index in [2.05, 4.69) is 25.0 Å². The Hall–Kier alpha value is -3.56. The highest BCUT2D eigenvalue weighted by Crippen LogP contribution is 2.28. The normalized spacial score (nSPS) is 16.3. The van der Waals surface area contributed by atoms with Crippen molar-refractivity contribution < 1.29 is 13.6 Å². The van der Waals surface area contributed by atoms with Gasteiger partial charge in [-0.1, -0.05) is 0 Å². The van der Waals surface area contributed by atoms with Gasteiger partial charge in [0.2, 0.25) is 0 Å². The average Bonchev–Trinajstić information content (AvgIpc) is 3.10. The van der Waals surface area contributed by atoms with E-state index in [1.807, 2.05) is 19.3 Å². The van der Waals surface area contributed by atoms with Crippen LogP contribution >= 0.6 is 0 Å². The highest BCUT2D eigenvalue weighted by atomic mass is 19.3. The largest absolute Gasteiger partial charge is 0.331 e. The summed E-state index contributed by atoms with van der Waals surface area (Å²) in [6.45, 7) is -0.301. The second-order valence-corrected chi connectivity index (χ2v) is 7.44. The van der Waals surface area contributed by atoms with Crippen molar-refractivity contribution in [2.45, 2.75) is 18.8 Å². The molecule has 5 rings (SSSR count). The van der Waals surface area contributed by atoms with Gasteiger partial charge in [0.15, 0.2) is 5.65 Å². The first-order valence-electron chi connectivity index (χ1n) is 9.48. The van der Waals surface area contributed by atoms with Gasteiger partial charge in [-0.05, 0) is 18.6 Å². The lowest BCUT2D eigenvalue weighted by molar-refractivity contribution is -0.0561. The summed E-state index contributed by atoms with van der Waals surface area (Å²) < 4.78 is 29.1. The van der Waals surface area contributed by atoms with E-state index < -0.39 is 18.4 Å². The number of likely N-dealkylation sites (tertiary alicyclic amines) is 1. The number of hydrogen-bond acceptors (Lipinski definition) is 6. The minimum atomic E-state index is -2.87. The standard InChI is InChI=1S/C20H17F2N7O/c1-28-10-13-5-12(7-25-18(13)27-28)16-8-24-17-9-23-15(6-14(17)26-16)19(30)29-4-2-3-20(21,22)11-29/h5-10H,2-4,11H2,1H3. The molecule has 0 unspecified atom stereocenters. The summed E-state index contributed by atoms with van der Waals surface area (Å²) in [5.74, 6) is -3.39. The third-order valence-electron chi connectivity index (χ3n) is 5.10. The number of amides is 1. The van der Waals surface area contributed by atoms with Crippen molar-refractivity contribution in [3.05, 3.63) is 42.6 Å². The Morgan fingerprint density at radius 1 is 1.10 bits per heavy atom. The van der Waals surface area contributed by atoms with Crippen molar-refractivity contribution in [3.8, 4) is 11.3 Å². The van der Waals surface area contributed by atoms with Gasteiger partial charge in [0.05, 0.1) is 30.1 Å². The molecule has 0 atom stereocenters. The number of aromatic nitrogens is 6. The van der Waals surface area contributed by atoms with Crippen LogP contribution in [0.1, 0.15) is 23.3 Å². The Balaban J connectivity index is 1.49. The maximum atomic E-state index is 13.7. The Kier molecular flexibility index (Phi) is 4.16. The quantitative estimate of drug-likeness (QED) is 0.506. The Labute approximate surface area is 169 Å². The van der Waals surface area contributed by atoms with Gasteiger partial charge < -0.3 is 4.90 Å². The summed E-state index contributed by atoms with van der Waals surface area (Å²) in [6, 6.07) is 3.41. The molecule has 10 heteroatoms. The summed E-state index contributed by atoms with van der Waals surface area (Å²) in [4.78, 5) is 31.2. The van der Waals surface area contributed by atoms with Gasteiger partial charge in [0.25, 0.3) is 11.8 Å². The molecule has 0 N–H and O–H groups in total. The molecule has 30 heavy (non-hydrogen) atoms. The van der Waals surface area contributed by atoms with Crippen LogP contribution < -0.4 is 0 Å². The van der Waals surface area contributed by atoms with Crippen LogP contribution in [0.15, 0.2) is 36.9 Å². The van der Waals surface area contributed by atoms with Crippen molar-refractivity contribution >= 4 is 28.0 Å². The molecule has 1 aliphatic heterocycles. The molecular formula is C20H17F2N7O. The van der Waals surface area contributed by atoms with Crippen molar-refractivity contribution in [1.82, 2.24) is 34.6 Å². The van der Waals surface area contributed by atoms with Crippen molar-refractivity contribution in [1.29, 1.82) is 0 Å². The molecule has 8 nitrogen and oxygen atoms in total. The predicted octanol–water partition coefficient (Wildman–Crippen LogP) is 2.84. The minimum absolute atomic E-state index is 0.0764. The fourth-order valence-electron chi connectivity index (χ4n) is 3.65. The maximum absolute atomic E-state index is 13.7. The first-order valence-corrected chi connectivity index (χ1v) is 9.48. The number of nitrogens with zero attached hydrogens (tertiary/aromatic N) is 7. The lowest BCUT2D eigenvalue weighted by atomic mass is 10.1. The van der Waals surface area contributed by atoms with E-state index in [9.17, 15) is 13.6 Å². The van der Waals surface area contributed by atoms with Gasteiger partial charge in [-0.15, -0.1) is 0 Å². The molecule has 4 aromatic rings. The highest BCUT2D eigenvalue weighted by molar-refractivity contribution is 5.95. The molecule has 0 bridgehead atoms. The minimum Gasteiger partial charge on any atom is -0.331 e. The number of halogens is 2. The van der Waals surface area contributed by atoms with E-state index in [0.29, 0.717) is 22.4 Å². The van der Waals surface area contributed by atoms with Crippen LogP contribution in [0.3, 0.4) is 0 Å². The number of hydrogen-bond donors (Lipinski definition) is 0. The molecule has 1 saturated heterocycles. The van der Waals surface area contributed by atoms with Crippen LogP contribution in [0.4, 0.5) is 8.78 Å². The fraction of sp³-hybridized carbons (Fsp3) is 0.300. The van der Waals surface area contributed by atoms with Gasteiger partial charge in [0, 0.05) is 43.4 Å². The molecule has 1 fully saturated rings. The van der Waals surface area contributed by atoms with Crippen molar-refractivity contribution in [2.24, 2.45) is 7.05 Å². The summed E-state index contributed by atoms with van der Waals surface area (Å²) in [5.41, 5.74) is 3.01. The second kappa shape index (κ2) is 6.75. The zero-order valence-electron chi connectivity index (χ0n) is 16.1. The van der Waals surface area contributed by atoms with E-state index >= 15 is 0 Å². The van der Waals surface area contributed by atoms with Crippen LogP contribution in [0.25, 0.3) is 33.3 Å². The maximum Gasteiger partial charge on any atom is 0.272 e. The Morgan fingerprint density at radius 3 is 2.80 bits per heavy atom. The van der Waals surface area contributed by atoms with Crippen LogP contribution in [-0.2, 0) is 7.05 Å². The van der Waals surface area contributed by atoms with E-state index in [1.165, 1.54) is 12.3 Å². The van der Waals surface area contributed by atoms with Crippen LogP contribution in [0.5, 0.6) is 0 Å². The molecule has 0 aliphatic carbocycles. The molecule has 0 radical (unpaired) electrons. The molecule has 1 amide bonds. The molecule has 0 saturated carbocycles. The SMILES string of the molecule is Cn1cc2cc(-c3cnc4cnc(C(=O)N5CCCC(F)(F)C5)cc4n3)cnc2n1. The zero-order chi connectivity index (χ0) is 20.9. The monoisotopic (exact) mass is 409 g/mol. The van der Waals surface area contributed by atoms with Gasteiger partial charge >= 0.3 is 0 Å². The third kappa shape index (κ3) is 3.34. The lowest BCUT2D eigenvalue weighted by Crippen LogP contribution is -2.45. The van der Waals surface area contributed by atoms with E-state index in [-0.39, 0.29) is 25.1 Å². The molecule has 4 aromatic heterocycles. The second-order valence-electron chi connectivity index (χ2n) is 7.44. The van der Waals surface area contributed by atoms with Crippen molar-refractivity contribution in [3.63, 3.8) is 0 Å². The topological polar surface area (TPSA) is 89.7 Å². The number of fused-ring (bicyclic) bond motifs is 2. The number of aryl methyl sites for hydroxylation is 1. The van der Waals surface area contributed by atoms with Crippen LogP contribution in [0, 0.1) is 0 Å². The number of pyridine rings is 2. The van der Waals surface area contributed by atoms with Gasteiger partial charge in [-0.3, -0.25) is 14.5 Å². The first kappa shape index (κ1) is 18.5. The fourth-order valence-corrected chi connectivity index (χ4v) is 3.65. The number of carbonyl (C=O) groups excluding carboxylic acids is 1. The molecular weight excluding hydrogens is 392 g/mol. The van der Waals surface area contributed by atoms with Gasteiger partial charge in [-0.25, -0.2) is 23.7 Å². The molecule has 152 valence electrons. The number of alkyl halides is 2. The Bertz CT molecular complexity index is 1290. The molecule has 5 heterocycles. The lowest BCUT2D eigenvalue weighted by Gasteiger charge is -2.32. The highest BCUT2D eigenvalue weighted by Gasteiger charge is 2.37. The van der Waals surface area contributed by atoms with Crippen LogP contribution in [0.2, 0.25) is 0 Å². The summed E-state index contributed by atoms with van der Waals surface area (Å²) in [6.07, 6.45) is 6.62. The van der Waals surface area contributed by atoms with Crippen molar-refractivity contribution in [2.75, 3.05) is 13.1 Å². The van der Waals surface area contributed by atoms with Gasteiger partial charge in [0.1, 0.15) is 11.2 Å². The number of rotatable bonds is 2. The molecule has 1 aliphatic rings.